The number of fused-ring (bicyclic) bond motifs is 1. The number of carbonyl (C=O) groups is 3. The molecule has 126 valence electrons. The molecule has 0 saturated carbocycles. The zero-order valence-electron chi connectivity index (χ0n) is 13.1. The molecule has 0 aromatic carbocycles. The fourth-order valence-electron chi connectivity index (χ4n) is 2.60. The average Bonchev–Trinajstić information content (AvgIpc) is 3.04. The lowest BCUT2D eigenvalue weighted by Crippen LogP contribution is -2.40. The quantitative estimate of drug-likeness (QED) is 0.696. The van der Waals surface area contributed by atoms with Crippen molar-refractivity contribution in [1.29, 1.82) is 0 Å². The molecule has 0 spiro atoms. The summed E-state index contributed by atoms with van der Waals surface area (Å²) >= 11 is 1.38. The Bertz CT molecular complexity index is 626. The summed E-state index contributed by atoms with van der Waals surface area (Å²) in [5, 5.41) is 14.8. The van der Waals surface area contributed by atoms with Crippen molar-refractivity contribution in [2.45, 2.75) is 38.6 Å². The highest BCUT2D eigenvalue weighted by molar-refractivity contribution is 7.17. The van der Waals surface area contributed by atoms with E-state index in [1.54, 1.807) is 6.92 Å². The Morgan fingerprint density at radius 3 is 2.70 bits per heavy atom. The third kappa shape index (κ3) is 3.89. The van der Waals surface area contributed by atoms with E-state index in [1.807, 2.05) is 0 Å². The predicted molar refractivity (Wildman–Crippen MR) is 86.0 cm³/mol. The Balaban J connectivity index is 2.26. The van der Waals surface area contributed by atoms with Crippen LogP contribution in [0.1, 0.15) is 40.6 Å². The number of hydrogen-bond donors (Lipinski definition) is 3. The van der Waals surface area contributed by atoms with Crippen LogP contribution in [0.2, 0.25) is 0 Å². The van der Waals surface area contributed by atoms with Crippen LogP contribution in [0, 0.1) is 0 Å². The Morgan fingerprint density at radius 1 is 1.35 bits per heavy atom. The highest BCUT2D eigenvalue weighted by Gasteiger charge is 2.29. The Kier molecular flexibility index (Phi) is 5.73. The summed E-state index contributed by atoms with van der Waals surface area (Å²) in [7, 11) is 1.42. The van der Waals surface area contributed by atoms with Gasteiger partial charge in [-0.05, 0) is 31.2 Å². The van der Waals surface area contributed by atoms with Gasteiger partial charge in [0, 0.05) is 12.0 Å². The molecule has 8 heteroatoms. The third-order valence-corrected chi connectivity index (χ3v) is 4.90. The van der Waals surface area contributed by atoms with Crippen molar-refractivity contribution in [3.63, 3.8) is 0 Å². The van der Waals surface area contributed by atoms with Gasteiger partial charge in [-0.25, -0.2) is 4.79 Å². The molecule has 1 heterocycles. The molecule has 0 fully saturated rings. The number of aliphatic carboxylic acids is 1. The van der Waals surface area contributed by atoms with E-state index >= 15 is 0 Å². The van der Waals surface area contributed by atoms with E-state index in [4.69, 9.17) is 9.84 Å². The van der Waals surface area contributed by atoms with Crippen LogP contribution in [0.25, 0.3) is 0 Å². The molecule has 1 aliphatic carbocycles. The van der Waals surface area contributed by atoms with Crippen LogP contribution in [0.4, 0.5) is 5.00 Å². The summed E-state index contributed by atoms with van der Waals surface area (Å²) in [6, 6.07) is -0.943. The molecule has 7 nitrogen and oxygen atoms in total. The molecule has 2 rings (SSSR count). The minimum Gasteiger partial charge on any atom is -0.480 e. The van der Waals surface area contributed by atoms with Gasteiger partial charge in [0.05, 0.1) is 5.56 Å². The third-order valence-electron chi connectivity index (χ3n) is 3.69. The van der Waals surface area contributed by atoms with Crippen molar-refractivity contribution in [2.24, 2.45) is 0 Å². The number of carbonyl (C=O) groups excluding carboxylic acids is 2. The summed E-state index contributed by atoms with van der Waals surface area (Å²) in [5.74, 6) is -1.86. The largest absolute Gasteiger partial charge is 0.480 e. The summed E-state index contributed by atoms with van der Waals surface area (Å²) in [6.07, 6.45) is 2.89. The smallest absolute Gasteiger partial charge is 0.326 e. The second kappa shape index (κ2) is 7.56. The van der Waals surface area contributed by atoms with Crippen molar-refractivity contribution in [1.82, 2.24) is 5.32 Å². The first-order chi connectivity index (χ1) is 11.0. The fraction of sp³-hybridized carbons (Fsp3) is 0.533. The molecular formula is C15H20N2O5S. The molecule has 0 radical (unpaired) electrons. The monoisotopic (exact) mass is 340 g/mol. The zero-order chi connectivity index (χ0) is 17.0. The minimum absolute atomic E-state index is 0.101. The minimum atomic E-state index is -1.07. The molecule has 0 bridgehead atoms. The van der Waals surface area contributed by atoms with Gasteiger partial charge in [-0.2, -0.15) is 0 Å². The topological polar surface area (TPSA) is 105 Å². The molecule has 1 aromatic rings. The molecule has 1 unspecified atom stereocenters. The maximum atomic E-state index is 12.5. The summed E-state index contributed by atoms with van der Waals surface area (Å²) in [5.41, 5.74) is 1.31. The van der Waals surface area contributed by atoms with Crippen molar-refractivity contribution in [2.75, 3.05) is 19.0 Å². The number of carboxylic acid groups (broad SMARTS) is 1. The van der Waals surface area contributed by atoms with Gasteiger partial charge in [-0.3, -0.25) is 9.59 Å². The van der Waals surface area contributed by atoms with Crippen LogP contribution in [0.3, 0.4) is 0 Å². The number of nitrogens with one attached hydrogen (secondary N) is 2. The molecule has 1 aromatic heterocycles. The van der Waals surface area contributed by atoms with Crippen LogP contribution in [0.5, 0.6) is 0 Å². The van der Waals surface area contributed by atoms with E-state index in [0.29, 0.717) is 17.0 Å². The van der Waals surface area contributed by atoms with Gasteiger partial charge in [0.1, 0.15) is 17.6 Å². The fourth-order valence-corrected chi connectivity index (χ4v) is 3.90. The normalized spacial score (nSPS) is 14.2. The van der Waals surface area contributed by atoms with Gasteiger partial charge < -0.3 is 20.5 Å². The number of rotatable bonds is 7. The Morgan fingerprint density at radius 2 is 2.09 bits per heavy atom. The van der Waals surface area contributed by atoms with Crippen molar-refractivity contribution in [3.8, 4) is 0 Å². The second-order valence-electron chi connectivity index (χ2n) is 5.32. The van der Waals surface area contributed by atoms with E-state index in [-0.39, 0.29) is 12.5 Å². The van der Waals surface area contributed by atoms with Crippen molar-refractivity contribution < 1.29 is 24.2 Å². The van der Waals surface area contributed by atoms with Gasteiger partial charge in [0.2, 0.25) is 0 Å². The van der Waals surface area contributed by atoms with E-state index in [1.165, 1.54) is 18.4 Å². The molecule has 0 aliphatic heterocycles. The SMILES string of the molecule is CCC(NC(=O)c1c(NC(=O)COC)sc2c1CCC2)C(=O)O. The van der Waals surface area contributed by atoms with Gasteiger partial charge in [0.15, 0.2) is 0 Å². The van der Waals surface area contributed by atoms with E-state index < -0.39 is 17.9 Å². The first-order valence-corrected chi connectivity index (χ1v) is 8.26. The van der Waals surface area contributed by atoms with Gasteiger partial charge in [-0.1, -0.05) is 6.92 Å². The van der Waals surface area contributed by atoms with Gasteiger partial charge in [0.25, 0.3) is 11.8 Å². The number of thiophene rings is 1. The number of ether oxygens (including phenoxy) is 1. The molecule has 2 amide bonds. The number of aryl methyl sites for hydroxylation is 1. The number of anilines is 1. The van der Waals surface area contributed by atoms with Crippen LogP contribution in [-0.4, -0.2) is 42.6 Å². The molecule has 23 heavy (non-hydrogen) atoms. The highest BCUT2D eigenvalue weighted by atomic mass is 32.1. The maximum Gasteiger partial charge on any atom is 0.326 e. The zero-order valence-corrected chi connectivity index (χ0v) is 13.9. The summed E-state index contributed by atoms with van der Waals surface area (Å²) in [6.45, 7) is 1.59. The number of hydrogen-bond acceptors (Lipinski definition) is 5. The van der Waals surface area contributed by atoms with E-state index in [9.17, 15) is 14.4 Å². The highest BCUT2D eigenvalue weighted by Crippen LogP contribution is 2.39. The molecule has 1 aliphatic rings. The number of carboxylic acids is 1. The summed E-state index contributed by atoms with van der Waals surface area (Å²) in [4.78, 5) is 36.5. The van der Waals surface area contributed by atoms with Crippen molar-refractivity contribution >= 4 is 34.1 Å². The lowest BCUT2D eigenvalue weighted by molar-refractivity contribution is -0.139. The van der Waals surface area contributed by atoms with Gasteiger partial charge in [-0.15, -0.1) is 11.3 Å². The molecule has 1 atom stereocenters. The molecular weight excluding hydrogens is 320 g/mol. The summed E-state index contributed by atoms with van der Waals surface area (Å²) < 4.78 is 4.78. The Labute approximate surface area is 138 Å². The van der Waals surface area contributed by atoms with Crippen LogP contribution < -0.4 is 10.6 Å². The molecule has 0 saturated heterocycles. The van der Waals surface area contributed by atoms with Crippen LogP contribution in [-0.2, 0) is 27.2 Å². The number of amides is 2. The second-order valence-corrected chi connectivity index (χ2v) is 6.42. The molecule has 3 N–H and O–H groups in total. The van der Waals surface area contributed by atoms with E-state index in [0.717, 1.165) is 29.7 Å². The number of methoxy groups -OCH3 is 1. The van der Waals surface area contributed by atoms with Crippen LogP contribution >= 0.6 is 11.3 Å². The lowest BCUT2D eigenvalue weighted by Gasteiger charge is -2.14. The van der Waals surface area contributed by atoms with Crippen molar-refractivity contribution in [3.05, 3.63) is 16.0 Å². The van der Waals surface area contributed by atoms with E-state index in [2.05, 4.69) is 10.6 Å². The average molecular weight is 340 g/mol. The first-order valence-electron chi connectivity index (χ1n) is 7.44. The standard InChI is InChI=1S/C15H20N2O5S/c1-3-9(15(20)21)16-13(19)12-8-5-4-6-10(8)23-14(12)17-11(18)7-22-2/h9H,3-7H2,1-2H3,(H,16,19)(H,17,18)(H,20,21). The van der Waals surface area contributed by atoms with Gasteiger partial charge >= 0.3 is 5.97 Å². The maximum absolute atomic E-state index is 12.5. The lowest BCUT2D eigenvalue weighted by atomic mass is 10.1. The predicted octanol–water partition coefficient (Wildman–Crippen LogP) is 1.41. The Hall–Kier alpha value is -1.93. The first kappa shape index (κ1) is 17.4. The van der Waals surface area contributed by atoms with Crippen LogP contribution in [0.15, 0.2) is 0 Å².